The summed E-state index contributed by atoms with van der Waals surface area (Å²) >= 11 is 0. The number of ether oxygens (including phenoxy) is 1. The second-order valence-corrected chi connectivity index (χ2v) is 7.82. The van der Waals surface area contributed by atoms with Gasteiger partial charge in [-0.15, -0.1) is 0 Å². The van der Waals surface area contributed by atoms with Gasteiger partial charge in [-0.3, -0.25) is 4.79 Å². The second kappa shape index (κ2) is 10.3. The minimum Gasteiger partial charge on any atom is -0.464 e. The number of carbonyl (C=O) groups excluding carboxylic acids is 2. The zero-order valence-corrected chi connectivity index (χ0v) is 18.0. The van der Waals surface area contributed by atoms with E-state index in [0.717, 1.165) is 17.1 Å². The Kier molecular flexibility index (Phi) is 7.52. The molecule has 0 aliphatic carbocycles. The van der Waals surface area contributed by atoms with Crippen molar-refractivity contribution in [2.45, 2.75) is 39.3 Å². The zero-order valence-electron chi connectivity index (χ0n) is 18.0. The number of aryl methyl sites for hydroxylation is 1. The van der Waals surface area contributed by atoms with Crippen LogP contribution in [0.15, 0.2) is 46.9 Å². The van der Waals surface area contributed by atoms with E-state index in [9.17, 15) is 9.59 Å². The molecule has 0 spiro atoms. The molecule has 162 valence electrons. The van der Waals surface area contributed by atoms with Gasteiger partial charge in [0.1, 0.15) is 11.5 Å². The molecule has 1 saturated heterocycles. The lowest BCUT2D eigenvalue weighted by Gasteiger charge is -2.31. The van der Waals surface area contributed by atoms with Crippen LogP contribution in [-0.2, 0) is 16.1 Å². The van der Waals surface area contributed by atoms with Crippen LogP contribution in [-0.4, -0.2) is 60.6 Å². The molecule has 0 radical (unpaired) electrons. The first-order valence-corrected chi connectivity index (χ1v) is 10.5. The minimum absolute atomic E-state index is 0.0134. The van der Waals surface area contributed by atoms with E-state index in [2.05, 4.69) is 5.32 Å². The summed E-state index contributed by atoms with van der Waals surface area (Å²) in [5.74, 6) is 1.13. The maximum absolute atomic E-state index is 13.2. The first-order valence-electron chi connectivity index (χ1n) is 10.5. The molecule has 1 aromatic carbocycles. The topological polar surface area (TPSA) is 75.0 Å². The van der Waals surface area contributed by atoms with Crippen molar-refractivity contribution in [3.05, 3.63) is 59.5 Å². The zero-order chi connectivity index (χ0) is 21.5. The Bertz CT molecular complexity index is 828. The smallest absolute Gasteiger partial charge is 0.318 e. The Morgan fingerprint density at radius 3 is 2.40 bits per heavy atom. The summed E-state index contributed by atoms with van der Waals surface area (Å²) in [7, 11) is 0. The Hall–Kier alpha value is -2.80. The summed E-state index contributed by atoms with van der Waals surface area (Å²) in [5, 5.41) is 2.98. The number of morpholine rings is 1. The maximum Gasteiger partial charge on any atom is 0.318 e. The van der Waals surface area contributed by atoms with Crippen molar-refractivity contribution >= 4 is 11.9 Å². The predicted octanol–water partition coefficient (Wildman–Crippen LogP) is 3.15. The molecule has 1 aliphatic rings. The number of rotatable bonds is 7. The van der Waals surface area contributed by atoms with Gasteiger partial charge in [0.05, 0.1) is 25.7 Å². The molecular formula is C23H31N3O4. The molecule has 0 bridgehead atoms. The van der Waals surface area contributed by atoms with E-state index >= 15 is 0 Å². The number of carbonyl (C=O) groups is 2. The van der Waals surface area contributed by atoms with Gasteiger partial charge in [-0.05, 0) is 38.5 Å². The number of furan rings is 1. The van der Waals surface area contributed by atoms with Gasteiger partial charge in [0.2, 0.25) is 5.91 Å². The number of amides is 3. The van der Waals surface area contributed by atoms with Crippen molar-refractivity contribution in [3.63, 3.8) is 0 Å². The van der Waals surface area contributed by atoms with Crippen LogP contribution in [0.2, 0.25) is 0 Å². The quantitative estimate of drug-likeness (QED) is 0.757. The van der Waals surface area contributed by atoms with E-state index in [1.54, 1.807) is 4.90 Å². The van der Waals surface area contributed by atoms with Crippen LogP contribution in [0.25, 0.3) is 0 Å². The molecule has 1 unspecified atom stereocenters. The molecule has 1 N–H and O–H groups in total. The van der Waals surface area contributed by atoms with E-state index in [1.165, 1.54) is 0 Å². The van der Waals surface area contributed by atoms with Crippen LogP contribution in [0.5, 0.6) is 0 Å². The molecule has 1 aliphatic heterocycles. The number of nitrogens with one attached hydrogen (secondary N) is 1. The molecule has 7 nitrogen and oxygen atoms in total. The van der Waals surface area contributed by atoms with Crippen molar-refractivity contribution in [2.24, 2.45) is 0 Å². The third-order valence-corrected chi connectivity index (χ3v) is 5.29. The van der Waals surface area contributed by atoms with Gasteiger partial charge in [-0.2, -0.15) is 0 Å². The number of hydrogen-bond acceptors (Lipinski definition) is 4. The highest BCUT2D eigenvalue weighted by atomic mass is 16.5. The normalized spacial score (nSPS) is 15.1. The van der Waals surface area contributed by atoms with Gasteiger partial charge in [0.25, 0.3) is 0 Å². The lowest BCUT2D eigenvalue weighted by atomic mass is 9.97. The van der Waals surface area contributed by atoms with Gasteiger partial charge < -0.3 is 24.3 Å². The van der Waals surface area contributed by atoms with Gasteiger partial charge in [0.15, 0.2) is 0 Å². The number of benzene rings is 1. The molecule has 30 heavy (non-hydrogen) atoms. The van der Waals surface area contributed by atoms with E-state index in [4.69, 9.17) is 9.15 Å². The van der Waals surface area contributed by atoms with Gasteiger partial charge >= 0.3 is 6.03 Å². The summed E-state index contributed by atoms with van der Waals surface area (Å²) in [6, 6.07) is 13.2. The first kappa shape index (κ1) is 21.9. The molecule has 2 aromatic rings. The molecule has 0 saturated carbocycles. The fourth-order valence-corrected chi connectivity index (χ4v) is 3.56. The van der Waals surface area contributed by atoms with Gasteiger partial charge in [-0.25, -0.2) is 4.79 Å². The lowest BCUT2D eigenvalue weighted by Crippen LogP contribution is -2.48. The highest BCUT2D eigenvalue weighted by Crippen LogP contribution is 2.19. The third kappa shape index (κ3) is 5.63. The van der Waals surface area contributed by atoms with Crippen LogP contribution in [0.3, 0.4) is 0 Å². The summed E-state index contributed by atoms with van der Waals surface area (Å²) in [5.41, 5.74) is 0.895. The minimum atomic E-state index is -0.437. The van der Waals surface area contributed by atoms with Crippen LogP contribution in [0.1, 0.15) is 36.8 Å². The molecule has 3 rings (SSSR count). The highest BCUT2D eigenvalue weighted by molar-refractivity contribution is 5.85. The summed E-state index contributed by atoms with van der Waals surface area (Å²) < 4.78 is 11.0. The standard InChI is InChI=1S/C23H31N3O4/c1-17(2)26(16-20-10-9-18(3)30-20)23(28)24-15-21(19-7-5-4-6-8-19)22(27)25-11-13-29-14-12-25/h4-10,17,21H,11-16H2,1-3H3,(H,24,28). The van der Waals surface area contributed by atoms with E-state index in [0.29, 0.717) is 32.8 Å². The van der Waals surface area contributed by atoms with E-state index in [1.807, 2.05) is 68.1 Å². The van der Waals surface area contributed by atoms with E-state index < -0.39 is 5.92 Å². The molecule has 3 amide bonds. The molecule has 1 aromatic heterocycles. The predicted molar refractivity (Wildman–Crippen MR) is 114 cm³/mol. The van der Waals surface area contributed by atoms with Crippen LogP contribution in [0, 0.1) is 6.92 Å². The number of urea groups is 1. The van der Waals surface area contributed by atoms with Crippen molar-refractivity contribution in [1.82, 2.24) is 15.1 Å². The summed E-state index contributed by atoms with van der Waals surface area (Å²) in [6.45, 7) is 8.66. The highest BCUT2D eigenvalue weighted by Gasteiger charge is 2.28. The van der Waals surface area contributed by atoms with Crippen LogP contribution in [0.4, 0.5) is 4.79 Å². The monoisotopic (exact) mass is 413 g/mol. The average Bonchev–Trinajstić information content (AvgIpc) is 3.18. The second-order valence-electron chi connectivity index (χ2n) is 7.82. The largest absolute Gasteiger partial charge is 0.464 e. The van der Waals surface area contributed by atoms with Gasteiger partial charge in [0, 0.05) is 25.7 Å². The SMILES string of the molecule is Cc1ccc(CN(C(=O)NCC(C(=O)N2CCOCC2)c2ccccc2)C(C)C)o1. The Balaban J connectivity index is 1.70. The maximum atomic E-state index is 13.2. The van der Waals surface area contributed by atoms with Gasteiger partial charge in [-0.1, -0.05) is 30.3 Å². The molecule has 2 heterocycles. The number of nitrogens with zero attached hydrogens (tertiary/aromatic N) is 2. The van der Waals surface area contributed by atoms with Crippen molar-refractivity contribution in [2.75, 3.05) is 32.8 Å². The molecule has 1 fully saturated rings. The van der Waals surface area contributed by atoms with Crippen LogP contribution < -0.4 is 5.32 Å². The summed E-state index contributed by atoms with van der Waals surface area (Å²) in [4.78, 5) is 29.7. The fraction of sp³-hybridized carbons (Fsp3) is 0.478. The molecule has 1 atom stereocenters. The lowest BCUT2D eigenvalue weighted by molar-refractivity contribution is -0.136. The molecular weight excluding hydrogens is 382 g/mol. The fourth-order valence-electron chi connectivity index (χ4n) is 3.56. The van der Waals surface area contributed by atoms with Crippen molar-refractivity contribution < 1.29 is 18.7 Å². The Morgan fingerprint density at radius 1 is 1.10 bits per heavy atom. The number of hydrogen-bond donors (Lipinski definition) is 1. The van der Waals surface area contributed by atoms with Crippen molar-refractivity contribution in [3.8, 4) is 0 Å². The summed E-state index contributed by atoms with van der Waals surface area (Å²) in [6.07, 6.45) is 0. The average molecular weight is 414 g/mol. The molecule has 7 heteroatoms. The first-order chi connectivity index (χ1) is 14.5. The van der Waals surface area contributed by atoms with Crippen LogP contribution >= 0.6 is 0 Å². The Labute approximate surface area is 178 Å². The Morgan fingerprint density at radius 2 is 1.80 bits per heavy atom. The third-order valence-electron chi connectivity index (χ3n) is 5.29. The van der Waals surface area contributed by atoms with E-state index in [-0.39, 0.29) is 24.5 Å². The van der Waals surface area contributed by atoms with Crippen molar-refractivity contribution in [1.29, 1.82) is 0 Å².